The summed E-state index contributed by atoms with van der Waals surface area (Å²) in [4.78, 5) is 7.27. The lowest BCUT2D eigenvalue weighted by atomic mass is 9.87. The van der Waals surface area contributed by atoms with Gasteiger partial charge in [0, 0.05) is 72.4 Å². The third-order valence-electron chi connectivity index (χ3n) is 7.33. The summed E-state index contributed by atoms with van der Waals surface area (Å²) in [7, 11) is 0. The molecule has 3 aromatic rings. The molecule has 2 aromatic carbocycles. The van der Waals surface area contributed by atoms with Crippen molar-refractivity contribution < 1.29 is 22.3 Å². The van der Waals surface area contributed by atoms with Gasteiger partial charge in [-0.25, -0.2) is 13.2 Å². The highest BCUT2D eigenvalue weighted by Crippen LogP contribution is 2.43. The fourth-order valence-corrected chi connectivity index (χ4v) is 5.65. The molecule has 1 saturated heterocycles. The summed E-state index contributed by atoms with van der Waals surface area (Å²) >= 11 is 0. The molecule has 5 rings (SSSR count). The first kappa shape index (κ1) is 25.1. The monoisotopic (exact) mass is 503 g/mol. The Hall–Kier alpha value is -2.58. The number of likely N-dealkylation sites (tertiary alicyclic amines) is 1. The van der Waals surface area contributed by atoms with Crippen LogP contribution >= 0.6 is 0 Å². The van der Waals surface area contributed by atoms with Crippen LogP contribution in [0.25, 0.3) is 10.9 Å². The smallest absolute Gasteiger partial charge is 0.135 e. The van der Waals surface area contributed by atoms with Gasteiger partial charge in [0.25, 0.3) is 0 Å². The molecule has 0 bridgehead atoms. The number of benzene rings is 2. The van der Waals surface area contributed by atoms with E-state index in [2.05, 4.69) is 4.98 Å². The molecule has 1 aromatic heterocycles. The average molecular weight is 504 g/mol. The van der Waals surface area contributed by atoms with Crippen LogP contribution in [0.3, 0.4) is 0 Å². The van der Waals surface area contributed by atoms with Crippen molar-refractivity contribution in [3.63, 3.8) is 0 Å². The van der Waals surface area contributed by atoms with Gasteiger partial charge in [-0.05, 0) is 38.8 Å². The summed E-state index contributed by atoms with van der Waals surface area (Å²) in [6, 6.07) is 9.28. The zero-order chi connectivity index (χ0) is 25.6. The highest BCUT2D eigenvalue weighted by molar-refractivity contribution is 5.85. The molecule has 0 saturated carbocycles. The van der Waals surface area contributed by atoms with Crippen molar-refractivity contribution in [1.82, 2.24) is 14.8 Å². The second kappa shape index (κ2) is 9.71. The number of nitrogens with one attached hydrogen (secondary N) is 1. The first-order valence-corrected chi connectivity index (χ1v) is 12.6. The number of nitrogens with zero attached hydrogens (tertiary/aromatic N) is 2. The Morgan fingerprint density at radius 3 is 2.47 bits per heavy atom. The summed E-state index contributed by atoms with van der Waals surface area (Å²) in [5.41, 5.74) is 0.938. The fraction of sp³-hybridized carbons (Fsp3) is 0.500. The number of H-pyrrole nitrogens is 1. The lowest BCUT2D eigenvalue weighted by Crippen LogP contribution is -2.49. The van der Waals surface area contributed by atoms with E-state index in [-0.39, 0.29) is 43.1 Å². The van der Waals surface area contributed by atoms with E-state index in [0.717, 1.165) is 16.5 Å². The largest absolute Gasteiger partial charge is 0.492 e. The van der Waals surface area contributed by atoms with Crippen molar-refractivity contribution in [2.75, 3.05) is 39.5 Å². The van der Waals surface area contributed by atoms with Gasteiger partial charge in [0.1, 0.15) is 29.7 Å². The lowest BCUT2D eigenvalue weighted by molar-refractivity contribution is 0.0637. The minimum Gasteiger partial charge on any atom is -0.492 e. The van der Waals surface area contributed by atoms with Crippen LogP contribution < -0.4 is 4.74 Å². The molecule has 8 heteroatoms. The van der Waals surface area contributed by atoms with Crippen molar-refractivity contribution >= 4 is 10.9 Å². The summed E-state index contributed by atoms with van der Waals surface area (Å²) in [6.07, 6.45) is 0.649. The predicted octanol–water partition coefficient (Wildman–Crippen LogP) is 5.81. The summed E-state index contributed by atoms with van der Waals surface area (Å²) in [5, 5.41) is 1.02. The quantitative estimate of drug-likeness (QED) is 0.394. The number of hydrogen-bond acceptors (Lipinski definition) is 3. The SMILES string of the molecule is C[C@@H]1Cc2c([nH]c3ccccc23)[C@@H](c2c(F)cc(OCCN3CC(CF)C3)cc2F)N1CC(C)(C)F. The molecule has 0 amide bonds. The molecule has 0 aliphatic carbocycles. The van der Waals surface area contributed by atoms with Crippen LogP contribution in [0.4, 0.5) is 17.6 Å². The van der Waals surface area contributed by atoms with Gasteiger partial charge in [0.15, 0.2) is 0 Å². The molecule has 2 aliphatic rings. The molecule has 1 N–H and O–H groups in total. The zero-order valence-electron chi connectivity index (χ0n) is 21.0. The Morgan fingerprint density at radius 2 is 1.81 bits per heavy atom. The summed E-state index contributed by atoms with van der Waals surface area (Å²) in [5.74, 6) is -1.27. The maximum atomic E-state index is 15.6. The van der Waals surface area contributed by atoms with Gasteiger partial charge in [-0.15, -0.1) is 0 Å². The van der Waals surface area contributed by atoms with Crippen LogP contribution in [0.5, 0.6) is 5.75 Å². The summed E-state index contributed by atoms with van der Waals surface area (Å²) in [6.45, 7) is 6.81. The van der Waals surface area contributed by atoms with E-state index < -0.39 is 23.3 Å². The van der Waals surface area contributed by atoms with Crippen LogP contribution in [0.2, 0.25) is 0 Å². The molecule has 2 atom stereocenters. The number of ether oxygens (including phenoxy) is 1. The van der Waals surface area contributed by atoms with E-state index in [1.165, 1.54) is 26.0 Å². The lowest BCUT2D eigenvalue weighted by Gasteiger charge is -2.43. The zero-order valence-corrected chi connectivity index (χ0v) is 21.0. The van der Waals surface area contributed by atoms with Gasteiger partial charge in [-0.1, -0.05) is 18.2 Å². The number of aromatic amines is 1. The van der Waals surface area contributed by atoms with Crippen LogP contribution in [-0.2, 0) is 6.42 Å². The van der Waals surface area contributed by atoms with Crippen molar-refractivity contribution in [3.8, 4) is 5.75 Å². The third-order valence-corrected chi connectivity index (χ3v) is 7.33. The van der Waals surface area contributed by atoms with E-state index in [4.69, 9.17) is 4.74 Å². The highest BCUT2D eigenvalue weighted by Gasteiger charge is 2.41. The number of rotatable bonds is 8. The van der Waals surface area contributed by atoms with Crippen LogP contribution in [-0.4, -0.2) is 66.0 Å². The molecular formula is C28H33F4N3O. The Bertz CT molecular complexity index is 1210. The molecule has 3 heterocycles. The van der Waals surface area contributed by atoms with Gasteiger partial charge in [0.05, 0.1) is 12.7 Å². The Kier molecular flexibility index (Phi) is 6.76. The molecule has 4 nitrogen and oxygen atoms in total. The molecular weight excluding hydrogens is 470 g/mol. The number of alkyl halides is 2. The maximum Gasteiger partial charge on any atom is 0.135 e. The number of fused-ring (bicyclic) bond motifs is 3. The summed E-state index contributed by atoms with van der Waals surface area (Å²) < 4.78 is 64.4. The topological polar surface area (TPSA) is 31.5 Å². The molecule has 1 fully saturated rings. The van der Waals surface area contributed by atoms with Crippen molar-refractivity contribution in [1.29, 1.82) is 0 Å². The molecule has 0 spiro atoms. The molecule has 0 unspecified atom stereocenters. The van der Waals surface area contributed by atoms with E-state index in [1.807, 2.05) is 41.0 Å². The van der Waals surface area contributed by atoms with Crippen LogP contribution in [0.1, 0.15) is 43.6 Å². The van der Waals surface area contributed by atoms with Crippen molar-refractivity contribution in [2.24, 2.45) is 5.92 Å². The number of halogens is 4. The van der Waals surface area contributed by atoms with Gasteiger partial charge in [-0.2, -0.15) is 0 Å². The Labute approximate surface area is 209 Å². The minimum absolute atomic E-state index is 0.0283. The van der Waals surface area contributed by atoms with Gasteiger partial charge < -0.3 is 9.72 Å². The first-order valence-electron chi connectivity index (χ1n) is 12.6. The molecule has 0 radical (unpaired) electrons. The predicted molar refractivity (Wildman–Crippen MR) is 133 cm³/mol. The van der Waals surface area contributed by atoms with E-state index >= 15 is 8.78 Å². The van der Waals surface area contributed by atoms with E-state index in [9.17, 15) is 8.78 Å². The number of para-hydroxylation sites is 1. The minimum atomic E-state index is -1.55. The third kappa shape index (κ3) is 4.85. The van der Waals surface area contributed by atoms with Crippen LogP contribution in [0, 0.1) is 17.6 Å². The molecule has 36 heavy (non-hydrogen) atoms. The van der Waals surface area contributed by atoms with Gasteiger partial charge in [-0.3, -0.25) is 14.2 Å². The standard InChI is InChI=1S/C28H33F4N3O/c1-17-10-21-20-6-4-5-7-24(20)33-26(21)27(35(17)16-28(2,3)32)25-22(30)11-19(12-23(25)31)36-9-8-34-14-18(13-29)15-34/h4-7,11-12,17-18,27,33H,8-10,13-16H2,1-3H3/t17-,27-/m1/s1. The first-order chi connectivity index (χ1) is 17.1. The second-order valence-corrected chi connectivity index (χ2v) is 10.8. The van der Waals surface area contributed by atoms with E-state index in [0.29, 0.717) is 31.7 Å². The normalized spacial score (nSPS) is 21.5. The number of aromatic nitrogens is 1. The van der Waals surface area contributed by atoms with Crippen molar-refractivity contribution in [2.45, 2.75) is 44.9 Å². The van der Waals surface area contributed by atoms with Gasteiger partial charge in [0.2, 0.25) is 0 Å². The van der Waals surface area contributed by atoms with Crippen LogP contribution in [0.15, 0.2) is 36.4 Å². The Balaban J connectivity index is 1.47. The van der Waals surface area contributed by atoms with Crippen molar-refractivity contribution in [3.05, 3.63) is 64.9 Å². The highest BCUT2D eigenvalue weighted by atomic mass is 19.1. The number of hydrogen-bond donors (Lipinski definition) is 1. The fourth-order valence-electron chi connectivity index (χ4n) is 5.65. The Morgan fingerprint density at radius 1 is 1.11 bits per heavy atom. The molecule has 194 valence electrons. The average Bonchev–Trinajstić information content (AvgIpc) is 3.14. The second-order valence-electron chi connectivity index (χ2n) is 10.8. The molecule has 2 aliphatic heterocycles. The van der Waals surface area contributed by atoms with Gasteiger partial charge >= 0.3 is 0 Å². The maximum absolute atomic E-state index is 15.6. The van der Waals surface area contributed by atoms with E-state index in [1.54, 1.807) is 0 Å².